The lowest BCUT2D eigenvalue weighted by Crippen LogP contribution is -2.28. The third-order valence-electron chi connectivity index (χ3n) is 4.99. The van der Waals surface area contributed by atoms with Gasteiger partial charge in [0, 0.05) is 30.4 Å². The van der Waals surface area contributed by atoms with Gasteiger partial charge in [-0.05, 0) is 35.7 Å². The quantitative estimate of drug-likeness (QED) is 0.723. The van der Waals surface area contributed by atoms with Gasteiger partial charge in [-0.2, -0.15) is 8.78 Å². The number of ether oxygens (including phenoxy) is 2. The number of hydrogen-bond acceptors (Lipinski definition) is 4. The summed E-state index contributed by atoms with van der Waals surface area (Å²) in [5.41, 5.74) is 2.15. The lowest BCUT2D eigenvalue weighted by molar-refractivity contribution is -0.122. The van der Waals surface area contributed by atoms with Gasteiger partial charge in [-0.15, -0.1) is 0 Å². The van der Waals surface area contributed by atoms with Gasteiger partial charge in [0.2, 0.25) is 11.8 Å². The van der Waals surface area contributed by atoms with E-state index in [4.69, 9.17) is 4.74 Å². The standard InChI is InChI=1S/C22H24F2N2O4/c1-13(2)14-5-4-6-17(9-14)26-12-15(10-20(26)27)21(28)25-16-7-8-18(29-3)19(11-16)30-22(23)24/h4-9,11,13,15,22H,10,12H2,1-3H3,(H,25,28). The van der Waals surface area contributed by atoms with Crippen molar-refractivity contribution < 1.29 is 27.8 Å². The largest absolute Gasteiger partial charge is 0.493 e. The Kier molecular flexibility index (Phi) is 6.54. The highest BCUT2D eigenvalue weighted by Gasteiger charge is 2.35. The summed E-state index contributed by atoms with van der Waals surface area (Å²) in [5.74, 6) is -0.782. The number of alkyl halides is 2. The molecular weight excluding hydrogens is 394 g/mol. The molecule has 6 nitrogen and oxygen atoms in total. The Labute approximate surface area is 173 Å². The van der Waals surface area contributed by atoms with Crippen molar-refractivity contribution in [1.29, 1.82) is 0 Å². The van der Waals surface area contributed by atoms with E-state index < -0.39 is 12.5 Å². The predicted molar refractivity (Wildman–Crippen MR) is 109 cm³/mol. The molecule has 2 amide bonds. The zero-order valence-electron chi connectivity index (χ0n) is 17.0. The molecule has 1 aliphatic heterocycles. The first-order valence-electron chi connectivity index (χ1n) is 9.62. The molecular formula is C22H24F2N2O4. The van der Waals surface area contributed by atoms with Crippen molar-refractivity contribution in [3.63, 3.8) is 0 Å². The van der Waals surface area contributed by atoms with Crippen LogP contribution in [0, 0.1) is 5.92 Å². The van der Waals surface area contributed by atoms with Crippen molar-refractivity contribution in [2.45, 2.75) is 32.8 Å². The van der Waals surface area contributed by atoms with Gasteiger partial charge in [-0.25, -0.2) is 0 Å². The van der Waals surface area contributed by atoms with Gasteiger partial charge < -0.3 is 19.7 Å². The van der Waals surface area contributed by atoms with Crippen molar-refractivity contribution in [2.24, 2.45) is 5.92 Å². The van der Waals surface area contributed by atoms with Gasteiger partial charge in [0.15, 0.2) is 11.5 Å². The van der Waals surface area contributed by atoms with E-state index in [1.807, 2.05) is 24.3 Å². The fraction of sp³-hybridized carbons (Fsp3) is 0.364. The van der Waals surface area contributed by atoms with Crippen LogP contribution in [-0.2, 0) is 9.59 Å². The minimum atomic E-state index is -3.02. The number of anilines is 2. The maximum absolute atomic E-state index is 12.7. The molecule has 2 aromatic carbocycles. The van der Waals surface area contributed by atoms with E-state index >= 15 is 0 Å². The number of nitrogens with one attached hydrogen (secondary N) is 1. The van der Waals surface area contributed by atoms with Crippen LogP contribution < -0.4 is 19.7 Å². The molecule has 3 rings (SSSR count). The molecule has 1 heterocycles. The second-order valence-corrected chi connectivity index (χ2v) is 7.39. The molecule has 1 N–H and O–H groups in total. The highest BCUT2D eigenvalue weighted by atomic mass is 19.3. The van der Waals surface area contributed by atoms with E-state index in [1.165, 1.54) is 25.3 Å². The van der Waals surface area contributed by atoms with Gasteiger partial charge >= 0.3 is 6.61 Å². The van der Waals surface area contributed by atoms with Crippen LogP contribution in [0.1, 0.15) is 31.7 Å². The van der Waals surface area contributed by atoms with Gasteiger partial charge in [-0.3, -0.25) is 9.59 Å². The maximum atomic E-state index is 12.7. The molecule has 1 saturated heterocycles. The Balaban J connectivity index is 1.71. The maximum Gasteiger partial charge on any atom is 0.387 e. The highest BCUT2D eigenvalue weighted by Crippen LogP contribution is 2.33. The number of halogens is 2. The summed E-state index contributed by atoms with van der Waals surface area (Å²) in [6.07, 6.45) is 0.0777. The van der Waals surface area contributed by atoms with Crippen molar-refractivity contribution in [3.8, 4) is 11.5 Å². The van der Waals surface area contributed by atoms with E-state index in [0.29, 0.717) is 5.92 Å². The summed E-state index contributed by atoms with van der Waals surface area (Å²) in [4.78, 5) is 26.8. The number of amides is 2. The van der Waals surface area contributed by atoms with Crippen LogP contribution in [0.2, 0.25) is 0 Å². The summed E-state index contributed by atoms with van der Waals surface area (Å²) in [6.45, 7) is 1.37. The Hall–Kier alpha value is -3.16. The normalized spacial score (nSPS) is 16.3. The van der Waals surface area contributed by atoms with Crippen LogP contribution in [-0.4, -0.2) is 32.1 Å². The van der Waals surface area contributed by atoms with Crippen LogP contribution in [0.3, 0.4) is 0 Å². The number of hydrogen-bond donors (Lipinski definition) is 1. The first kappa shape index (κ1) is 21.5. The van der Waals surface area contributed by atoms with E-state index in [1.54, 1.807) is 4.90 Å². The number of carbonyl (C=O) groups excluding carboxylic acids is 2. The smallest absolute Gasteiger partial charge is 0.387 e. The molecule has 1 unspecified atom stereocenters. The molecule has 0 aliphatic carbocycles. The molecule has 8 heteroatoms. The molecule has 2 aromatic rings. The Morgan fingerprint density at radius 3 is 2.60 bits per heavy atom. The number of rotatable bonds is 7. The van der Waals surface area contributed by atoms with E-state index in [9.17, 15) is 18.4 Å². The van der Waals surface area contributed by atoms with Crippen molar-refractivity contribution in [2.75, 3.05) is 23.9 Å². The van der Waals surface area contributed by atoms with Crippen LogP contribution >= 0.6 is 0 Å². The molecule has 160 valence electrons. The van der Waals surface area contributed by atoms with Crippen LogP contribution in [0.4, 0.5) is 20.2 Å². The fourth-order valence-electron chi connectivity index (χ4n) is 3.37. The predicted octanol–water partition coefficient (Wildman–Crippen LogP) is 4.41. The summed E-state index contributed by atoms with van der Waals surface area (Å²) in [5, 5.41) is 2.67. The Morgan fingerprint density at radius 2 is 1.93 bits per heavy atom. The Bertz CT molecular complexity index is 933. The molecule has 0 saturated carbocycles. The first-order valence-corrected chi connectivity index (χ1v) is 9.62. The van der Waals surface area contributed by atoms with Crippen molar-refractivity contribution in [3.05, 3.63) is 48.0 Å². The summed E-state index contributed by atoms with van der Waals surface area (Å²) in [7, 11) is 1.33. The molecule has 1 fully saturated rings. The average Bonchev–Trinajstić information content (AvgIpc) is 3.10. The molecule has 0 radical (unpaired) electrons. The summed E-state index contributed by atoms with van der Waals surface area (Å²) >= 11 is 0. The van der Waals surface area contributed by atoms with Crippen LogP contribution in [0.5, 0.6) is 11.5 Å². The number of benzene rings is 2. The van der Waals surface area contributed by atoms with E-state index in [-0.39, 0.29) is 42.0 Å². The fourth-order valence-corrected chi connectivity index (χ4v) is 3.37. The van der Waals surface area contributed by atoms with Gasteiger partial charge in [0.05, 0.1) is 13.0 Å². The second-order valence-electron chi connectivity index (χ2n) is 7.39. The SMILES string of the molecule is COc1ccc(NC(=O)C2CC(=O)N(c3cccc(C(C)C)c3)C2)cc1OC(F)F. The first-order chi connectivity index (χ1) is 14.3. The molecule has 1 atom stereocenters. The average molecular weight is 418 g/mol. The molecule has 0 spiro atoms. The second kappa shape index (κ2) is 9.11. The van der Waals surface area contributed by atoms with Crippen molar-refractivity contribution in [1.82, 2.24) is 0 Å². The van der Waals surface area contributed by atoms with Gasteiger partial charge in [0.25, 0.3) is 0 Å². The minimum Gasteiger partial charge on any atom is -0.493 e. The third-order valence-corrected chi connectivity index (χ3v) is 4.99. The van der Waals surface area contributed by atoms with Crippen LogP contribution in [0.25, 0.3) is 0 Å². The third kappa shape index (κ3) is 4.87. The highest BCUT2D eigenvalue weighted by molar-refractivity contribution is 6.03. The molecule has 1 aliphatic rings. The number of nitrogens with zero attached hydrogens (tertiary/aromatic N) is 1. The number of methoxy groups -OCH3 is 1. The topological polar surface area (TPSA) is 67.9 Å². The lowest BCUT2D eigenvalue weighted by atomic mass is 10.0. The molecule has 0 bridgehead atoms. The van der Waals surface area contributed by atoms with Gasteiger partial charge in [0.1, 0.15) is 0 Å². The Morgan fingerprint density at radius 1 is 1.17 bits per heavy atom. The summed E-state index contributed by atoms with van der Waals surface area (Å²) in [6, 6.07) is 11.9. The summed E-state index contributed by atoms with van der Waals surface area (Å²) < 4.78 is 34.6. The van der Waals surface area contributed by atoms with Crippen molar-refractivity contribution >= 4 is 23.2 Å². The number of carbonyl (C=O) groups is 2. The van der Waals surface area contributed by atoms with Gasteiger partial charge in [-0.1, -0.05) is 26.0 Å². The monoisotopic (exact) mass is 418 g/mol. The van der Waals surface area contributed by atoms with E-state index in [0.717, 1.165) is 11.3 Å². The zero-order valence-corrected chi connectivity index (χ0v) is 17.0. The van der Waals surface area contributed by atoms with Crippen LogP contribution in [0.15, 0.2) is 42.5 Å². The van der Waals surface area contributed by atoms with E-state index in [2.05, 4.69) is 23.9 Å². The minimum absolute atomic E-state index is 0.0777. The lowest BCUT2D eigenvalue weighted by Gasteiger charge is -2.18. The molecule has 30 heavy (non-hydrogen) atoms. The zero-order chi connectivity index (χ0) is 21.8. The molecule has 0 aromatic heterocycles.